The fourth-order valence-electron chi connectivity index (χ4n) is 2.77. The molecular weight excluding hydrogens is 381 g/mol. The molecule has 1 saturated heterocycles. The number of ether oxygens (including phenoxy) is 1. The van der Waals surface area contributed by atoms with Crippen molar-refractivity contribution >= 4 is 17.5 Å². The molecule has 0 aliphatic carbocycles. The fraction of sp³-hybridized carbons (Fsp3) is 0.222. The Labute approximate surface area is 156 Å². The molecule has 1 heterocycles. The second-order valence-corrected chi connectivity index (χ2v) is 6.01. The number of carbonyl (C=O) groups excluding carboxylic acids is 2. The summed E-state index contributed by atoms with van der Waals surface area (Å²) in [4.78, 5) is 35.7. The lowest BCUT2D eigenvalue weighted by Gasteiger charge is -2.14. The quantitative estimate of drug-likeness (QED) is 0.441. The van der Waals surface area contributed by atoms with Crippen molar-refractivity contribution in [1.29, 1.82) is 0 Å². The minimum Gasteiger partial charge on any atom is -0.457 e. The van der Waals surface area contributed by atoms with E-state index in [-0.39, 0.29) is 30.0 Å². The highest BCUT2D eigenvalue weighted by molar-refractivity contribution is 6.07. The van der Waals surface area contributed by atoms with Gasteiger partial charge in [0.05, 0.1) is 10.5 Å². The average molecular weight is 394 g/mol. The van der Waals surface area contributed by atoms with E-state index in [2.05, 4.69) is 0 Å². The molecule has 1 aliphatic rings. The van der Waals surface area contributed by atoms with Crippen LogP contribution in [0.5, 0.6) is 11.5 Å². The van der Waals surface area contributed by atoms with Crippen molar-refractivity contribution in [3.63, 3.8) is 0 Å². The summed E-state index contributed by atoms with van der Waals surface area (Å²) in [5.74, 6) is -1.17. The van der Waals surface area contributed by atoms with Crippen LogP contribution in [-0.2, 0) is 11.0 Å². The van der Waals surface area contributed by atoms with Crippen molar-refractivity contribution in [3.8, 4) is 11.5 Å². The summed E-state index contributed by atoms with van der Waals surface area (Å²) in [6.45, 7) is 0.165. The fourth-order valence-corrected chi connectivity index (χ4v) is 2.77. The minimum atomic E-state index is -4.49. The van der Waals surface area contributed by atoms with Crippen LogP contribution in [0.3, 0.4) is 0 Å². The van der Waals surface area contributed by atoms with Gasteiger partial charge in [0.2, 0.25) is 5.91 Å². The second-order valence-electron chi connectivity index (χ2n) is 6.01. The summed E-state index contributed by atoms with van der Waals surface area (Å²) >= 11 is 0. The van der Waals surface area contributed by atoms with E-state index in [1.165, 1.54) is 6.07 Å². The Kier molecular flexibility index (Phi) is 5.04. The highest BCUT2D eigenvalue weighted by Crippen LogP contribution is 2.33. The second kappa shape index (κ2) is 7.29. The van der Waals surface area contributed by atoms with E-state index in [9.17, 15) is 32.9 Å². The van der Waals surface area contributed by atoms with E-state index in [0.717, 1.165) is 41.3 Å². The standard InChI is InChI=1S/C18H13F3N2O5/c19-18(20,21)11-3-5-12(6-4-11)28-13-7-8-15(23(26)27)14(10-13)17(25)22-9-1-2-16(22)24/h3-8,10H,1-2,9H2. The van der Waals surface area contributed by atoms with Crippen LogP contribution in [0.1, 0.15) is 28.8 Å². The molecule has 0 saturated carbocycles. The summed E-state index contributed by atoms with van der Waals surface area (Å²) in [7, 11) is 0. The van der Waals surface area contributed by atoms with Gasteiger partial charge >= 0.3 is 6.18 Å². The summed E-state index contributed by atoms with van der Waals surface area (Å²) in [5.41, 5.74) is -1.68. The summed E-state index contributed by atoms with van der Waals surface area (Å²) in [5, 5.41) is 11.2. The number of halogens is 3. The average Bonchev–Trinajstić information content (AvgIpc) is 3.06. The van der Waals surface area contributed by atoms with E-state index in [1.807, 2.05) is 0 Å². The van der Waals surface area contributed by atoms with Crippen LogP contribution in [0.2, 0.25) is 0 Å². The van der Waals surface area contributed by atoms with E-state index < -0.39 is 34.2 Å². The SMILES string of the molecule is O=C1CCCN1C(=O)c1cc(Oc2ccc(C(F)(F)F)cc2)ccc1[N+](=O)[O-]. The van der Waals surface area contributed by atoms with Crippen LogP contribution in [0.4, 0.5) is 18.9 Å². The lowest BCUT2D eigenvalue weighted by Crippen LogP contribution is -2.32. The molecule has 0 spiro atoms. The molecule has 1 fully saturated rings. The molecule has 10 heteroatoms. The van der Waals surface area contributed by atoms with Crippen molar-refractivity contribution in [3.05, 3.63) is 63.7 Å². The zero-order valence-corrected chi connectivity index (χ0v) is 14.2. The summed E-state index contributed by atoms with van der Waals surface area (Å²) in [6.07, 6.45) is -3.84. The van der Waals surface area contributed by atoms with Gasteiger partial charge in [-0.25, -0.2) is 0 Å². The van der Waals surface area contributed by atoms with Gasteiger partial charge in [-0.2, -0.15) is 13.2 Å². The van der Waals surface area contributed by atoms with Gasteiger partial charge < -0.3 is 4.74 Å². The molecule has 146 valence electrons. The zero-order valence-electron chi connectivity index (χ0n) is 14.2. The highest BCUT2D eigenvalue weighted by Gasteiger charge is 2.32. The molecule has 3 rings (SSSR count). The van der Waals surface area contributed by atoms with E-state index in [1.54, 1.807) is 0 Å². The Hall–Kier alpha value is -3.43. The van der Waals surface area contributed by atoms with E-state index in [4.69, 9.17) is 4.74 Å². The Morgan fingerprint density at radius 3 is 2.29 bits per heavy atom. The van der Waals surface area contributed by atoms with Crippen LogP contribution in [0.25, 0.3) is 0 Å². The van der Waals surface area contributed by atoms with E-state index in [0.29, 0.717) is 6.42 Å². The molecule has 0 unspecified atom stereocenters. The van der Waals surface area contributed by atoms with Gasteiger partial charge in [0.25, 0.3) is 11.6 Å². The molecule has 2 aromatic carbocycles. The van der Waals surface area contributed by atoms with Crippen molar-refractivity contribution in [2.45, 2.75) is 19.0 Å². The predicted octanol–water partition coefficient (Wildman–Crippen LogP) is 4.17. The van der Waals surface area contributed by atoms with Gasteiger partial charge in [-0.05, 0) is 36.8 Å². The van der Waals surface area contributed by atoms with Crippen LogP contribution in [0.15, 0.2) is 42.5 Å². The van der Waals surface area contributed by atoms with Crippen LogP contribution in [0, 0.1) is 10.1 Å². The first kappa shape index (κ1) is 19.3. The van der Waals surface area contributed by atoms with Gasteiger partial charge in [0.15, 0.2) is 0 Å². The highest BCUT2D eigenvalue weighted by atomic mass is 19.4. The number of nitro groups is 1. The number of hydrogen-bond donors (Lipinski definition) is 0. The third kappa shape index (κ3) is 3.95. The Balaban J connectivity index is 1.89. The number of nitrogens with zero attached hydrogens (tertiary/aromatic N) is 2. The summed E-state index contributed by atoms with van der Waals surface area (Å²) in [6, 6.07) is 7.21. The topological polar surface area (TPSA) is 89.8 Å². The van der Waals surface area contributed by atoms with Crippen LogP contribution >= 0.6 is 0 Å². The third-order valence-corrected chi connectivity index (χ3v) is 4.13. The molecule has 0 aromatic heterocycles. The largest absolute Gasteiger partial charge is 0.457 e. The van der Waals surface area contributed by atoms with E-state index >= 15 is 0 Å². The maximum Gasteiger partial charge on any atom is 0.416 e. The number of imide groups is 1. The minimum absolute atomic E-state index is 0.0142. The first-order valence-electron chi connectivity index (χ1n) is 8.15. The summed E-state index contributed by atoms with van der Waals surface area (Å²) < 4.78 is 43.3. The van der Waals surface area contributed by atoms with Crippen molar-refractivity contribution in [1.82, 2.24) is 4.90 Å². The van der Waals surface area contributed by atoms with Crippen molar-refractivity contribution in [2.24, 2.45) is 0 Å². The smallest absolute Gasteiger partial charge is 0.416 e. The van der Waals surface area contributed by atoms with Gasteiger partial charge in [-0.3, -0.25) is 24.6 Å². The monoisotopic (exact) mass is 394 g/mol. The van der Waals surface area contributed by atoms with Crippen molar-refractivity contribution in [2.75, 3.05) is 6.54 Å². The molecule has 0 atom stereocenters. The van der Waals surface area contributed by atoms with Gasteiger partial charge in [0.1, 0.15) is 17.1 Å². The molecule has 7 nitrogen and oxygen atoms in total. The number of rotatable bonds is 4. The number of nitro benzene ring substituents is 1. The maximum absolute atomic E-state index is 12.6. The molecule has 1 aliphatic heterocycles. The first-order chi connectivity index (χ1) is 13.2. The molecule has 2 amide bonds. The predicted molar refractivity (Wildman–Crippen MR) is 89.9 cm³/mol. The normalized spacial score (nSPS) is 14.2. The lowest BCUT2D eigenvalue weighted by atomic mass is 10.1. The maximum atomic E-state index is 12.6. The molecule has 28 heavy (non-hydrogen) atoms. The van der Waals surface area contributed by atoms with Gasteiger partial charge in [-0.15, -0.1) is 0 Å². The first-order valence-corrected chi connectivity index (χ1v) is 8.15. The van der Waals surface area contributed by atoms with Crippen LogP contribution in [-0.4, -0.2) is 28.2 Å². The number of alkyl halides is 3. The number of carbonyl (C=O) groups is 2. The lowest BCUT2D eigenvalue weighted by molar-refractivity contribution is -0.385. The zero-order chi connectivity index (χ0) is 20.5. The Morgan fingerprint density at radius 2 is 1.75 bits per heavy atom. The Bertz CT molecular complexity index is 941. The molecule has 2 aromatic rings. The Morgan fingerprint density at radius 1 is 1.11 bits per heavy atom. The number of benzene rings is 2. The third-order valence-electron chi connectivity index (χ3n) is 4.13. The van der Waals surface area contributed by atoms with Gasteiger partial charge in [0, 0.05) is 25.1 Å². The number of amides is 2. The van der Waals surface area contributed by atoms with Crippen molar-refractivity contribution < 1.29 is 32.4 Å². The molecule has 0 bridgehead atoms. The molecular formula is C18H13F3N2O5. The molecule has 0 radical (unpaired) electrons. The number of likely N-dealkylation sites (tertiary alicyclic amines) is 1. The number of hydrogen-bond acceptors (Lipinski definition) is 5. The van der Waals surface area contributed by atoms with Gasteiger partial charge in [-0.1, -0.05) is 0 Å². The molecule has 0 N–H and O–H groups in total. The van der Waals surface area contributed by atoms with Crippen LogP contribution < -0.4 is 4.74 Å².